The molecule has 0 aliphatic carbocycles. The summed E-state index contributed by atoms with van der Waals surface area (Å²) in [6.45, 7) is 5.03. The number of carboxylic acids is 1. The average molecular weight is 289 g/mol. The van der Waals surface area contributed by atoms with Crippen LogP contribution in [0, 0.1) is 13.8 Å². The molecule has 0 aliphatic rings. The van der Waals surface area contributed by atoms with Crippen molar-refractivity contribution in [3.8, 4) is 0 Å². The first-order valence-electron chi connectivity index (χ1n) is 5.40. The molecule has 0 saturated carbocycles. The molecule has 0 amide bonds. The molecule has 0 saturated heterocycles. The first kappa shape index (κ1) is 13.3. The molecule has 1 heterocycles. The van der Waals surface area contributed by atoms with Gasteiger partial charge in [0.25, 0.3) is 0 Å². The van der Waals surface area contributed by atoms with E-state index in [1.807, 2.05) is 11.6 Å². The molecular formula is C11H18N2O2Se. The Morgan fingerprint density at radius 1 is 1.50 bits per heavy atom. The van der Waals surface area contributed by atoms with Gasteiger partial charge >= 0.3 is 102 Å². The number of carboxylic acid groups (broad SMARTS) is 1. The SMILES string of the molecule is Cc1cc(C)n(CC[Se]CCCC(=O)O)n1. The van der Waals surface area contributed by atoms with Gasteiger partial charge in [-0.05, 0) is 0 Å². The average Bonchev–Trinajstić information content (AvgIpc) is 2.50. The Labute approximate surface area is 102 Å². The second-order valence-electron chi connectivity index (χ2n) is 3.76. The number of nitrogens with zero attached hydrogens (tertiary/aromatic N) is 2. The van der Waals surface area contributed by atoms with Crippen LogP contribution in [0.4, 0.5) is 0 Å². The van der Waals surface area contributed by atoms with E-state index in [1.165, 1.54) is 5.69 Å². The number of rotatable bonds is 7. The summed E-state index contributed by atoms with van der Waals surface area (Å²) in [5, 5.41) is 15.1. The Balaban J connectivity index is 2.11. The number of aliphatic carboxylic acids is 1. The minimum atomic E-state index is -0.686. The molecule has 1 rings (SSSR count). The van der Waals surface area contributed by atoms with Gasteiger partial charge in [-0.2, -0.15) is 0 Å². The zero-order chi connectivity index (χ0) is 12.0. The van der Waals surface area contributed by atoms with Gasteiger partial charge in [-0.25, -0.2) is 0 Å². The summed E-state index contributed by atoms with van der Waals surface area (Å²) in [7, 11) is 0. The van der Waals surface area contributed by atoms with Crippen LogP contribution in [0.1, 0.15) is 24.2 Å². The monoisotopic (exact) mass is 290 g/mol. The zero-order valence-corrected chi connectivity index (χ0v) is 11.5. The molecule has 16 heavy (non-hydrogen) atoms. The van der Waals surface area contributed by atoms with E-state index in [9.17, 15) is 4.79 Å². The molecule has 1 N–H and O–H groups in total. The van der Waals surface area contributed by atoms with Crippen molar-refractivity contribution in [2.45, 2.75) is 43.9 Å². The van der Waals surface area contributed by atoms with Crippen molar-refractivity contribution < 1.29 is 9.90 Å². The molecule has 0 aliphatic heterocycles. The predicted molar refractivity (Wildman–Crippen MR) is 63.9 cm³/mol. The van der Waals surface area contributed by atoms with Crippen molar-refractivity contribution in [3.05, 3.63) is 17.5 Å². The molecule has 0 bridgehead atoms. The Bertz CT molecular complexity index is 350. The summed E-state index contributed by atoms with van der Waals surface area (Å²) in [5.74, 6) is -0.686. The molecule has 0 atom stereocenters. The van der Waals surface area contributed by atoms with Crippen molar-refractivity contribution in [1.82, 2.24) is 9.78 Å². The van der Waals surface area contributed by atoms with Gasteiger partial charge in [-0.15, -0.1) is 0 Å². The summed E-state index contributed by atoms with van der Waals surface area (Å²) in [6.07, 6.45) is 1.12. The molecule has 0 aromatic carbocycles. The van der Waals surface area contributed by atoms with Crippen molar-refractivity contribution in [2.24, 2.45) is 0 Å². The van der Waals surface area contributed by atoms with Gasteiger partial charge in [0.15, 0.2) is 0 Å². The molecule has 4 nitrogen and oxygen atoms in total. The quantitative estimate of drug-likeness (QED) is 0.616. The number of hydrogen-bond acceptors (Lipinski definition) is 2. The van der Waals surface area contributed by atoms with Gasteiger partial charge in [0.05, 0.1) is 0 Å². The molecule has 0 fully saturated rings. The normalized spacial score (nSPS) is 10.6. The summed E-state index contributed by atoms with van der Waals surface area (Å²) in [4.78, 5) is 10.3. The third-order valence-corrected chi connectivity index (χ3v) is 4.43. The number of aryl methyl sites for hydroxylation is 3. The van der Waals surface area contributed by atoms with E-state index in [1.54, 1.807) is 0 Å². The topological polar surface area (TPSA) is 55.1 Å². The minimum absolute atomic E-state index is 0.307. The second-order valence-corrected chi connectivity index (χ2v) is 6.33. The Hall–Kier alpha value is -0.801. The van der Waals surface area contributed by atoms with Crippen molar-refractivity contribution in [3.63, 3.8) is 0 Å². The summed E-state index contributed by atoms with van der Waals surface area (Å²) in [6, 6.07) is 2.08. The van der Waals surface area contributed by atoms with E-state index < -0.39 is 5.97 Å². The molecular weight excluding hydrogens is 271 g/mol. The number of aromatic nitrogens is 2. The maximum atomic E-state index is 10.3. The molecule has 1 aromatic heterocycles. The number of carbonyl (C=O) groups is 1. The van der Waals surface area contributed by atoms with E-state index in [0.717, 1.165) is 29.3 Å². The fourth-order valence-electron chi connectivity index (χ4n) is 1.48. The Morgan fingerprint density at radius 2 is 2.25 bits per heavy atom. The molecule has 90 valence electrons. The molecule has 0 spiro atoms. The zero-order valence-electron chi connectivity index (χ0n) is 9.77. The second kappa shape index (κ2) is 6.71. The third kappa shape index (κ3) is 4.81. The van der Waals surface area contributed by atoms with Crippen molar-refractivity contribution >= 4 is 20.9 Å². The van der Waals surface area contributed by atoms with Crippen molar-refractivity contribution in [1.29, 1.82) is 0 Å². The van der Waals surface area contributed by atoms with Crippen LogP contribution < -0.4 is 0 Å². The third-order valence-electron chi connectivity index (χ3n) is 2.23. The van der Waals surface area contributed by atoms with Crippen LogP contribution in [0.5, 0.6) is 0 Å². The van der Waals surface area contributed by atoms with E-state index in [-0.39, 0.29) is 0 Å². The van der Waals surface area contributed by atoms with Gasteiger partial charge in [0.1, 0.15) is 0 Å². The summed E-state index contributed by atoms with van der Waals surface area (Å²) in [5.41, 5.74) is 2.27. The van der Waals surface area contributed by atoms with Gasteiger partial charge < -0.3 is 0 Å². The standard InChI is InChI=1S/C11H18N2O2Se/c1-9-8-10(2)13(12-9)5-7-16-6-3-4-11(14)15/h8H,3-7H2,1-2H3,(H,14,15). The van der Waals surface area contributed by atoms with Crippen LogP contribution in [0.2, 0.25) is 10.6 Å². The number of hydrogen-bond donors (Lipinski definition) is 1. The fraction of sp³-hybridized carbons (Fsp3) is 0.636. The van der Waals surface area contributed by atoms with Crippen LogP contribution in [0.25, 0.3) is 0 Å². The molecule has 0 unspecified atom stereocenters. The van der Waals surface area contributed by atoms with Gasteiger partial charge in [0.2, 0.25) is 0 Å². The van der Waals surface area contributed by atoms with E-state index in [4.69, 9.17) is 5.11 Å². The van der Waals surface area contributed by atoms with Crippen LogP contribution in [-0.2, 0) is 11.3 Å². The van der Waals surface area contributed by atoms with Crippen molar-refractivity contribution in [2.75, 3.05) is 0 Å². The Morgan fingerprint density at radius 3 is 2.81 bits per heavy atom. The molecule has 5 heteroatoms. The first-order chi connectivity index (χ1) is 7.59. The van der Waals surface area contributed by atoms with E-state index in [2.05, 4.69) is 18.1 Å². The van der Waals surface area contributed by atoms with Crippen LogP contribution in [0.15, 0.2) is 6.07 Å². The Kier molecular flexibility index (Phi) is 5.56. The van der Waals surface area contributed by atoms with Gasteiger partial charge in [0, 0.05) is 0 Å². The summed E-state index contributed by atoms with van der Waals surface area (Å²) < 4.78 is 2.04. The van der Waals surface area contributed by atoms with E-state index in [0.29, 0.717) is 21.4 Å². The summed E-state index contributed by atoms with van der Waals surface area (Å²) >= 11 is 0.543. The fourth-order valence-corrected chi connectivity index (χ4v) is 3.27. The van der Waals surface area contributed by atoms with E-state index >= 15 is 0 Å². The molecule has 0 radical (unpaired) electrons. The van der Waals surface area contributed by atoms with Crippen LogP contribution in [-0.4, -0.2) is 35.8 Å². The maximum absolute atomic E-state index is 10.3. The predicted octanol–water partition coefficient (Wildman–Crippen LogP) is 1.91. The molecule has 1 aromatic rings. The van der Waals surface area contributed by atoms with Gasteiger partial charge in [-0.1, -0.05) is 0 Å². The van der Waals surface area contributed by atoms with Crippen LogP contribution >= 0.6 is 0 Å². The van der Waals surface area contributed by atoms with Gasteiger partial charge in [-0.3, -0.25) is 0 Å². The first-order valence-corrected chi connectivity index (χ1v) is 7.82. The van der Waals surface area contributed by atoms with Crippen LogP contribution in [0.3, 0.4) is 0 Å².